The van der Waals surface area contributed by atoms with Crippen molar-refractivity contribution in [2.45, 2.75) is 13.0 Å². The first-order chi connectivity index (χ1) is 13.1. The zero-order valence-corrected chi connectivity index (χ0v) is 15.2. The zero-order valence-electron chi connectivity index (χ0n) is 15.2. The van der Waals surface area contributed by atoms with Gasteiger partial charge >= 0.3 is 0 Å². The second-order valence-electron chi connectivity index (χ2n) is 6.57. The number of amides is 1. The van der Waals surface area contributed by atoms with E-state index in [1.807, 2.05) is 67.1 Å². The van der Waals surface area contributed by atoms with E-state index in [-0.39, 0.29) is 12.6 Å². The third-order valence-electron chi connectivity index (χ3n) is 4.89. The fourth-order valence-corrected chi connectivity index (χ4v) is 3.37. The van der Waals surface area contributed by atoms with Gasteiger partial charge in [0.25, 0.3) is 11.7 Å². The molecular formula is C21H20N2O4. The van der Waals surface area contributed by atoms with Gasteiger partial charge in [-0.3, -0.25) is 9.59 Å². The summed E-state index contributed by atoms with van der Waals surface area (Å²) < 4.78 is 13.4. The van der Waals surface area contributed by atoms with Crippen LogP contribution in [0.2, 0.25) is 0 Å². The number of hydrogen-bond acceptors (Lipinski definition) is 4. The van der Waals surface area contributed by atoms with Gasteiger partial charge in [-0.15, -0.1) is 0 Å². The Labute approximate surface area is 156 Å². The highest BCUT2D eigenvalue weighted by atomic mass is 16.6. The number of fused-ring (bicyclic) bond motifs is 2. The van der Waals surface area contributed by atoms with E-state index < -0.39 is 11.7 Å². The summed E-state index contributed by atoms with van der Waals surface area (Å²) in [5.41, 5.74) is 2.13. The Morgan fingerprint density at radius 3 is 2.63 bits per heavy atom. The van der Waals surface area contributed by atoms with E-state index in [0.717, 1.165) is 16.6 Å². The van der Waals surface area contributed by atoms with Crippen LogP contribution in [0.15, 0.2) is 48.5 Å². The number of aryl methyl sites for hydroxylation is 1. The Morgan fingerprint density at radius 2 is 1.81 bits per heavy atom. The molecule has 27 heavy (non-hydrogen) atoms. The van der Waals surface area contributed by atoms with E-state index in [0.29, 0.717) is 23.7 Å². The Hall–Kier alpha value is -3.28. The molecule has 2 heterocycles. The molecule has 1 aliphatic rings. The molecule has 3 aromatic rings. The molecule has 0 saturated heterocycles. The maximum atomic E-state index is 12.8. The molecular weight excluding hydrogens is 344 g/mol. The summed E-state index contributed by atoms with van der Waals surface area (Å²) >= 11 is 0. The normalized spacial score (nSPS) is 15.6. The van der Waals surface area contributed by atoms with Gasteiger partial charge in [0.1, 0.15) is 12.7 Å². The third-order valence-corrected chi connectivity index (χ3v) is 4.89. The Balaban J connectivity index is 1.47. The first-order valence-corrected chi connectivity index (χ1v) is 8.81. The maximum absolute atomic E-state index is 12.8. The molecule has 0 aliphatic carbocycles. The SMILES string of the molecule is Cc1c(C(=O)C(=O)NC[C@H]2COc3ccccc3O2)c2ccccc2n1C. The summed E-state index contributed by atoms with van der Waals surface area (Å²) in [6.07, 6.45) is -0.342. The monoisotopic (exact) mass is 364 g/mol. The van der Waals surface area contributed by atoms with Gasteiger partial charge in [0.05, 0.1) is 12.1 Å². The number of aromatic nitrogens is 1. The second kappa shape index (κ2) is 6.79. The lowest BCUT2D eigenvalue weighted by Gasteiger charge is -2.26. The van der Waals surface area contributed by atoms with Crippen LogP contribution in [0.4, 0.5) is 0 Å². The lowest BCUT2D eigenvalue weighted by Crippen LogP contribution is -2.43. The van der Waals surface area contributed by atoms with E-state index in [4.69, 9.17) is 9.47 Å². The Kier molecular flexibility index (Phi) is 4.32. The predicted molar refractivity (Wildman–Crippen MR) is 101 cm³/mol. The fraction of sp³-hybridized carbons (Fsp3) is 0.238. The third kappa shape index (κ3) is 3.03. The maximum Gasteiger partial charge on any atom is 0.292 e. The summed E-state index contributed by atoms with van der Waals surface area (Å²) in [5, 5.41) is 3.46. The molecule has 6 nitrogen and oxygen atoms in total. The molecule has 1 amide bonds. The average molecular weight is 364 g/mol. The number of nitrogens with zero attached hydrogens (tertiary/aromatic N) is 1. The minimum absolute atomic E-state index is 0.197. The molecule has 1 aromatic heterocycles. The number of nitrogens with one attached hydrogen (secondary N) is 1. The van der Waals surface area contributed by atoms with Crippen LogP contribution in [-0.4, -0.2) is 35.5 Å². The largest absolute Gasteiger partial charge is 0.486 e. The van der Waals surface area contributed by atoms with Crippen molar-refractivity contribution in [3.8, 4) is 11.5 Å². The summed E-state index contributed by atoms with van der Waals surface area (Å²) in [6.45, 7) is 2.36. The van der Waals surface area contributed by atoms with Crippen LogP contribution in [-0.2, 0) is 11.8 Å². The lowest BCUT2D eigenvalue weighted by atomic mass is 10.1. The molecule has 1 atom stereocenters. The summed E-state index contributed by atoms with van der Waals surface area (Å²) in [7, 11) is 1.89. The van der Waals surface area contributed by atoms with Gasteiger partial charge in [-0.05, 0) is 25.1 Å². The first-order valence-electron chi connectivity index (χ1n) is 8.81. The topological polar surface area (TPSA) is 69.6 Å². The van der Waals surface area contributed by atoms with Crippen molar-refractivity contribution in [2.75, 3.05) is 13.2 Å². The Morgan fingerprint density at radius 1 is 1.11 bits per heavy atom. The van der Waals surface area contributed by atoms with Gasteiger partial charge in [0.15, 0.2) is 11.5 Å². The van der Waals surface area contributed by atoms with Gasteiger partial charge in [0.2, 0.25) is 0 Å². The second-order valence-corrected chi connectivity index (χ2v) is 6.57. The summed E-state index contributed by atoms with van der Waals surface area (Å²) in [4.78, 5) is 25.2. The van der Waals surface area contributed by atoms with Crippen LogP contribution in [0, 0.1) is 6.92 Å². The van der Waals surface area contributed by atoms with Crippen LogP contribution >= 0.6 is 0 Å². The fourth-order valence-electron chi connectivity index (χ4n) is 3.37. The molecule has 4 rings (SSSR count). The van der Waals surface area contributed by atoms with Gasteiger partial charge < -0.3 is 19.4 Å². The van der Waals surface area contributed by atoms with Crippen molar-refractivity contribution >= 4 is 22.6 Å². The summed E-state index contributed by atoms with van der Waals surface area (Å²) in [5.74, 6) is 0.139. The number of carbonyl (C=O) groups is 2. The van der Waals surface area contributed by atoms with Crippen LogP contribution < -0.4 is 14.8 Å². The van der Waals surface area contributed by atoms with Crippen LogP contribution in [0.3, 0.4) is 0 Å². The zero-order chi connectivity index (χ0) is 19.0. The molecule has 1 N–H and O–H groups in total. The number of rotatable bonds is 4. The molecule has 0 fully saturated rings. The van der Waals surface area contributed by atoms with Crippen LogP contribution in [0.5, 0.6) is 11.5 Å². The molecule has 1 aliphatic heterocycles. The number of carbonyl (C=O) groups excluding carboxylic acids is 2. The first kappa shape index (κ1) is 17.1. The quantitative estimate of drug-likeness (QED) is 0.571. The Bertz CT molecular complexity index is 1040. The van der Waals surface area contributed by atoms with E-state index in [2.05, 4.69) is 5.32 Å². The van der Waals surface area contributed by atoms with E-state index >= 15 is 0 Å². The van der Waals surface area contributed by atoms with Gasteiger partial charge in [-0.25, -0.2) is 0 Å². The van der Waals surface area contributed by atoms with E-state index in [1.165, 1.54) is 0 Å². The van der Waals surface area contributed by atoms with Crippen molar-refractivity contribution in [3.63, 3.8) is 0 Å². The smallest absolute Gasteiger partial charge is 0.292 e. The van der Waals surface area contributed by atoms with Crippen LogP contribution in [0.1, 0.15) is 16.1 Å². The van der Waals surface area contributed by atoms with Crippen molar-refractivity contribution in [2.24, 2.45) is 7.05 Å². The molecule has 0 saturated carbocycles. The van der Waals surface area contributed by atoms with Gasteiger partial charge in [-0.2, -0.15) is 0 Å². The molecule has 138 valence electrons. The molecule has 0 unspecified atom stereocenters. The highest BCUT2D eigenvalue weighted by molar-refractivity contribution is 6.45. The van der Waals surface area contributed by atoms with Crippen molar-refractivity contribution < 1.29 is 19.1 Å². The highest BCUT2D eigenvalue weighted by Gasteiger charge is 2.26. The molecule has 0 radical (unpaired) electrons. The van der Waals surface area contributed by atoms with Crippen molar-refractivity contribution in [1.29, 1.82) is 0 Å². The number of hydrogen-bond donors (Lipinski definition) is 1. The number of benzene rings is 2. The molecule has 0 bridgehead atoms. The highest BCUT2D eigenvalue weighted by Crippen LogP contribution is 2.30. The molecule has 2 aromatic carbocycles. The lowest BCUT2D eigenvalue weighted by molar-refractivity contribution is -0.117. The number of Topliss-reactive ketones (excluding diaryl/α,β-unsaturated/α-hetero) is 1. The van der Waals surface area contributed by atoms with Gasteiger partial charge in [-0.1, -0.05) is 30.3 Å². The van der Waals surface area contributed by atoms with Gasteiger partial charge in [0, 0.05) is 23.6 Å². The standard InChI is InChI=1S/C21H20N2O4/c1-13-19(15-7-3-4-8-16(15)23(13)2)20(24)21(25)22-11-14-12-26-17-9-5-6-10-18(17)27-14/h3-10,14H,11-12H2,1-2H3,(H,22,25)/t14-/m0/s1. The minimum atomic E-state index is -0.642. The average Bonchev–Trinajstić information content (AvgIpc) is 2.96. The predicted octanol–water partition coefficient (Wildman–Crippen LogP) is 2.63. The van der Waals surface area contributed by atoms with E-state index in [1.54, 1.807) is 0 Å². The number of ketones is 1. The number of ether oxygens (including phenoxy) is 2. The summed E-state index contributed by atoms with van der Waals surface area (Å²) in [6, 6.07) is 14.9. The molecule has 0 spiro atoms. The van der Waals surface area contributed by atoms with Crippen molar-refractivity contribution in [3.05, 3.63) is 59.8 Å². The minimum Gasteiger partial charge on any atom is -0.486 e. The van der Waals surface area contributed by atoms with Crippen LogP contribution in [0.25, 0.3) is 10.9 Å². The number of para-hydroxylation sites is 3. The van der Waals surface area contributed by atoms with Crippen molar-refractivity contribution in [1.82, 2.24) is 9.88 Å². The van der Waals surface area contributed by atoms with E-state index in [9.17, 15) is 9.59 Å². The molecule has 6 heteroatoms.